The highest BCUT2D eigenvalue weighted by Crippen LogP contribution is 2.28. The molecular weight excluding hydrogens is 310 g/mol. The first-order valence-electron chi connectivity index (χ1n) is 5.54. The molecule has 0 spiro atoms. The zero-order chi connectivity index (χ0) is 14.0. The van der Waals surface area contributed by atoms with Gasteiger partial charge in [-0.15, -0.1) is 0 Å². The van der Waals surface area contributed by atoms with Gasteiger partial charge < -0.3 is 11.1 Å². The van der Waals surface area contributed by atoms with Crippen molar-refractivity contribution in [2.75, 3.05) is 11.1 Å². The van der Waals surface area contributed by atoms with Gasteiger partial charge in [0.2, 0.25) is 0 Å². The largest absolute Gasteiger partial charge is 0.397 e. The topological polar surface area (TPSA) is 81.2 Å². The second kappa shape index (κ2) is 5.27. The van der Waals surface area contributed by atoms with Crippen LogP contribution in [0.3, 0.4) is 0 Å². The van der Waals surface area contributed by atoms with Crippen LogP contribution in [0, 0.1) is 17.0 Å². The number of halogens is 1. The number of nitrogens with zero attached hydrogens (tertiary/aromatic N) is 1. The van der Waals surface area contributed by atoms with E-state index in [4.69, 9.17) is 5.73 Å². The Labute approximate surface area is 118 Å². The Balaban J connectivity index is 2.30. The lowest BCUT2D eigenvalue weighted by Crippen LogP contribution is -1.98. The number of nitrogens with two attached hydrogens (primary N) is 1. The summed E-state index contributed by atoms with van der Waals surface area (Å²) in [5, 5.41) is 13.8. The average molecular weight is 322 g/mol. The van der Waals surface area contributed by atoms with Crippen LogP contribution in [0.25, 0.3) is 0 Å². The van der Waals surface area contributed by atoms with Gasteiger partial charge in [-0.2, -0.15) is 0 Å². The van der Waals surface area contributed by atoms with E-state index in [0.29, 0.717) is 11.4 Å². The number of benzene rings is 2. The summed E-state index contributed by atoms with van der Waals surface area (Å²) >= 11 is 3.41. The summed E-state index contributed by atoms with van der Waals surface area (Å²) in [4.78, 5) is 10.2. The van der Waals surface area contributed by atoms with E-state index < -0.39 is 4.92 Å². The molecule has 0 atom stereocenters. The van der Waals surface area contributed by atoms with Gasteiger partial charge in [-0.05, 0) is 36.8 Å². The van der Waals surface area contributed by atoms with E-state index in [0.717, 1.165) is 15.7 Å². The van der Waals surface area contributed by atoms with Gasteiger partial charge in [0.25, 0.3) is 5.69 Å². The second-order valence-electron chi connectivity index (χ2n) is 4.17. The molecule has 98 valence electrons. The summed E-state index contributed by atoms with van der Waals surface area (Å²) < 4.78 is 0.954. The van der Waals surface area contributed by atoms with E-state index in [9.17, 15) is 10.1 Å². The van der Waals surface area contributed by atoms with Crippen molar-refractivity contribution in [1.29, 1.82) is 0 Å². The minimum Gasteiger partial charge on any atom is -0.397 e. The summed E-state index contributed by atoms with van der Waals surface area (Å²) in [6, 6.07) is 10.2. The first kappa shape index (κ1) is 13.4. The number of nitro groups is 1. The van der Waals surface area contributed by atoms with E-state index in [1.807, 2.05) is 25.1 Å². The molecule has 0 heterocycles. The molecule has 2 aromatic carbocycles. The first-order valence-corrected chi connectivity index (χ1v) is 6.33. The number of aryl methyl sites for hydroxylation is 1. The van der Waals surface area contributed by atoms with Crippen LogP contribution < -0.4 is 11.1 Å². The Morgan fingerprint density at radius 3 is 2.58 bits per heavy atom. The monoisotopic (exact) mass is 321 g/mol. The van der Waals surface area contributed by atoms with Crippen molar-refractivity contribution >= 4 is 38.7 Å². The van der Waals surface area contributed by atoms with Crippen molar-refractivity contribution in [3.8, 4) is 0 Å². The van der Waals surface area contributed by atoms with Crippen molar-refractivity contribution < 1.29 is 4.92 Å². The molecule has 0 bridgehead atoms. The molecule has 0 saturated carbocycles. The maximum atomic E-state index is 10.6. The second-order valence-corrected chi connectivity index (χ2v) is 5.09. The van der Waals surface area contributed by atoms with E-state index >= 15 is 0 Å². The van der Waals surface area contributed by atoms with E-state index in [2.05, 4.69) is 21.2 Å². The molecule has 0 amide bonds. The smallest absolute Gasteiger partial charge is 0.271 e. The maximum Gasteiger partial charge on any atom is 0.271 e. The highest BCUT2D eigenvalue weighted by molar-refractivity contribution is 9.10. The van der Waals surface area contributed by atoms with Crippen molar-refractivity contribution in [3.05, 3.63) is 56.5 Å². The number of non-ortho nitro benzene ring substituents is 1. The van der Waals surface area contributed by atoms with Crippen LogP contribution in [-0.4, -0.2) is 4.92 Å². The predicted molar refractivity (Wildman–Crippen MR) is 79.7 cm³/mol. The van der Waals surface area contributed by atoms with Crippen molar-refractivity contribution in [1.82, 2.24) is 0 Å². The van der Waals surface area contributed by atoms with Gasteiger partial charge in [-0.25, -0.2) is 0 Å². The summed E-state index contributed by atoms with van der Waals surface area (Å²) in [6.07, 6.45) is 0. The molecule has 2 aromatic rings. The predicted octanol–water partition coefficient (Wildman–Crippen LogP) is 3.99. The summed E-state index contributed by atoms with van der Waals surface area (Å²) in [5.74, 6) is 0. The molecule has 3 N–H and O–H groups in total. The fraction of sp³-hybridized carbons (Fsp3) is 0.0769. The molecule has 0 aliphatic rings. The molecule has 5 nitrogen and oxygen atoms in total. The lowest BCUT2D eigenvalue weighted by atomic mass is 10.2. The fourth-order valence-electron chi connectivity index (χ4n) is 1.74. The number of nitrogens with one attached hydrogen (secondary N) is 1. The standard InChI is InChI=1S/C13H12BrN3O2/c1-8-4-9(14)6-10(5-8)16-13-3-2-11(17(18)19)7-12(13)15/h2-7,16H,15H2,1H3. The third-order valence-electron chi connectivity index (χ3n) is 2.57. The molecule has 0 aliphatic carbocycles. The van der Waals surface area contributed by atoms with Crippen molar-refractivity contribution in [2.24, 2.45) is 0 Å². The van der Waals surface area contributed by atoms with Crippen LogP contribution in [0.1, 0.15) is 5.56 Å². The van der Waals surface area contributed by atoms with E-state index in [-0.39, 0.29) is 5.69 Å². The minimum atomic E-state index is -0.469. The molecule has 2 rings (SSSR count). The number of nitro benzene ring substituents is 1. The van der Waals surface area contributed by atoms with Crippen molar-refractivity contribution in [3.63, 3.8) is 0 Å². The van der Waals surface area contributed by atoms with Crippen LogP contribution in [0.5, 0.6) is 0 Å². The normalized spacial score (nSPS) is 10.2. The molecule has 19 heavy (non-hydrogen) atoms. The van der Waals surface area contributed by atoms with Crippen LogP contribution in [-0.2, 0) is 0 Å². The first-order chi connectivity index (χ1) is 8.95. The average Bonchev–Trinajstić information content (AvgIpc) is 2.30. The highest BCUT2D eigenvalue weighted by Gasteiger charge is 2.09. The molecule has 0 aliphatic heterocycles. The van der Waals surface area contributed by atoms with Crippen LogP contribution in [0.15, 0.2) is 40.9 Å². The molecular formula is C13H12BrN3O2. The fourth-order valence-corrected chi connectivity index (χ4v) is 2.35. The number of rotatable bonds is 3. The molecule has 0 fully saturated rings. The van der Waals surface area contributed by atoms with E-state index in [1.54, 1.807) is 6.07 Å². The third-order valence-corrected chi connectivity index (χ3v) is 3.02. The van der Waals surface area contributed by atoms with Crippen molar-refractivity contribution in [2.45, 2.75) is 6.92 Å². The molecule has 0 unspecified atom stereocenters. The lowest BCUT2D eigenvalue weighted by Gasteiger charge is -2.10. The number of hydrogen-bond acceptors (Lipinski definition) is 4. The van der Waals surface area contributed by atoms with Gasteiger partial charge in [-0.1, -0.05) is 15.9 Å². The quantitative estimate of drug-likeness (QED) is 0.508. The van der Waals surface area contributed by atoms with Gasteiger partial charge >= 0.3 is 0 Å². The third kappa shape index (κ3) is 3.23. The SMILES string of the molecule is Cc1cc(Br)cc(Nc2ccc([N+](=O)[O-])cc2N)c1. The minimum absolute atomic E-state index is 0.0199. The molecule has 6 heteroatoms. The Morgan fingerprint density at radius 2 is 2.00 bits per heavy atom. The number of anilines is 3. The van der Waals surface area contributed by atoms with Gasteiger partial charge in [0.15, 0.2) is 0 Å². The van der Waals surface area contributed by atoms with Crippen LogP contribution in [0.4, 0.5) is 22.7 Å². The summed E-state index contributed by atoms with van der Waals surface area (Å²) in [5.41, 5.74) is 8.73. The number of hydrogen-bond donors (Lipinski definition) is 2. The van der Waals surface area contributed by atoms with Gasteiger partial charge in [0, 0.05) is 22.3 Å². The summed E-state index contributed by atoms with van der Waals surface area (Å²) in [6.45, 7) is 1.98. The zero-order valence-corrected chi connectivity index (χ0v) is 11.8. The Morgan fingerprint density at radius 1 is 1.26 bits per heavy atom. The van der Waals surface area contributed by atoms with Gasteiger partial charge in [-0.3, -0.25) is 10.1 Å². The van der Waals surface area contributed by atoms with E-state index in [1.165, 1.54) is 12.1 Å². The van der Waals surface area contributed by atoms with Gasteiger partial charge in [0.05, 0.1) is 16.3 Å². The molecule has 0 aromatic heterocycles. The Bertz CT molecular complexity index is 624. The van der Waals surface area contributed by atoms with Gasteiger partial charge in [0.1, 0.15) is 0 Å². The molecule has 0 radical (unpaired) electrons. The Hall–Kier alpha value is -2.08. The maximum absolute atomic E-state index is 10.6. The molecule has 0 saturated heterocycles. The summed E-state index contributed by atoms with van der Waals surface area (Å²) in [7, 11) is 0. The number of nitrogen functional groups attached to an aromatic ring is 1. The Kier molecular flexibility index (Phi) is 3.71. The zero-order valence-electron chi connectivity index (χ0n) is 10.2. The van der Waals surface area contributed by atoms with Crippen LogP contribution in [0.2, 0.25) is 0 Å². The van der Waals surface area contributed by atoms with Crippen LogP contribution >= 0.6 is 15.9 Å². The lowest BCUT2D eigenvalue weighted by molar-refractivity contribution is -0.384. The highest BCUT2D eigenvalue weighted by atomic mass is 79.9.